The average Bonchev–Trinajstić information content (AvgIpc) is 2.32. The second-order valence-corrected chi connectivity index (χ2v) is 5.11. The molecule has 1 unspecified atom stereocenters. The number of rotatable bonds is 7. The van der Waals surface area contributed by atoms with Gasteiger partial charge in [0.2, 0.25) is 0 Å². The summed E-state index contributed by atoms with van der Waals surface area (Å²) in [5.41, 5.74) is 0.971. The molecule has 0 amide bonds. The van der Waals surface area contributed by atoms with E-state index >= 15 is 0 Å². The molecular weight excluding hydrogens is 229 g/mol. The van der Waals surface area contributed by atoms with Crippen LogP contribution in [0.3, 0.4) is 0 Å². The maximum absolute atomic E-state index is 13.2. The van der Waals surface area contributed by atoms with Crippen LogP contribution in [0.25, 0.3) is 0 Å². The Morgan fingerprint density at radius 1 is 1.28 bits per heavy atom. The fraction of sp³-hybridized carbons (Fsp3) is 0.600. The molecular formula is C15H24FNO. The molecule has 0 spiro atoms. The minimum atomic E-state index is -0.249. The van der Waals surface area contributed by atoms with Crippen LogP contribution in [0.4, 0.5) is 4.39 Å². The maximum atomic E-state index is 13.2. The van der Waals surface area contributed by atoms with Crippen LogP contribution < -0.4 is 10.1 Å². The normalized spacial score (nSPS) is 12.8. The van der Waals surface area contributed by atoms with Crippen molar-refractivity contribution in [3.8, 4) is 5.75 Å². The first-order chi connectivity index (χ1) is 8.52. The lowest BCUT2D eigenvalue weighted by Crippen LogP contribution is -2.33. The highest BCUT2D eigenvalue weighted by Gasteiger charge is 2.10. The van der Waals surface area contributed by atoms with Gasteiger partial charge in [-0.3, -0.25) is 0 Å². The third kappa shape index (κ3) is 5.05. The summed E-state index contributed by atoms with van der Waals surface area (Å²) in [5.74, 6) is 1.02. The Balaban J connectivity index is 2.54. The second-order valence-electron chi connectivity index (χ2n) is 5.11. The lowest BCUT2D eigenvalue weighted by Gasteiger charge is -2.20. The van der Waals surface area contributed by atoms with Crippen molar-refractivity contribution in [1.29, 1.82) is 0 Å². The van der Waals surface area contributed by atoms with Crippen molar-refractivity contribution >= 4 is 0 Å². The molecule has 0 heterocycles. The van der Waals surface area contributed by atoms with Gasteiger partial charge in [-0.25, -0.2) is 4.39 Å². The van der Waals surface area contributed by atoms with E-state index in [2.05, 4.69) is 26.1 Å². The van der Waals surface area contributed by atoms with E-state index in [0.717, 1.165) is 25.1 Å². The first-order valence-electron chi connectivity index (χ1n) is 6.66. The Morgan fingerprint density at radius 3 is 2.61 bits per heavy atom. The number of halogens is 1. The molecule has 0 aliphatic heterocycles. The third-order valence-corrected chi connectivity index (χ3v) is 2.82. The van der Waals surface area contributed by atoms with Gasteiger partial charge in [0.25, 0.3) is 0 Å². The average molecular weight is 253 g/mol. The number of hydrogen-bond acceptors (Lipinski definition) is 2. The summed E-state index contributed by atoms with van der Waals surface area (Å²) in [7, 11) is 0. The number of ether oxygens (including phenoxy) is 1. The van der Waals surface area contributed by atoms with E-state index in [1.807, 2.05) is 6.92 Å². The van der Waals surface area contributed by atoms with Gasteiger partial charge in [0.1, 0.15) is 17.7 Å². The highest BCUT2D eigenvalue weighted by Crippen LogP contribution is 2.20. The largest absolute Gasteiger partial charge is 0.489 e. The molecule has 2 nitrogen and oxygen atoms in total. The second kappa shape index (κ2) is 7.37. The number of nitrogens with one attached hydrogen (secondary N) is 1. The van der Waals surface area contributed by atoms with Gasteiger partial charge in [0.15, 0.2) is 0 Å². The molecule has 18 heavy (non-hydrogen) atoms. The van der Waals surface area contributed by atoms with Gasteiger partial charge >= 0.3 is 0 Å². The zero-order valence-electron chi connectivity index (χ0n) is 11.8. The lowest BCUT2D eigenvalue weighted by molar-refractivity contribution is 0.190. The fourth-order valence-corrected chi connectivity index (χ4v) is 1.68. The van der Waals surface area contributed by atoms with Crippen molar-refractivity contribution in [3.05, 3.63) is 29.6 Å². The summed E-state index contributed by atoms with van der Waals surface area (Å²) in [6.45, 7) is 10.1. The van der Waals surface area contributed by atoms with Crippen molar-refractivity contribution < 1.29 is 9.13 Å². The monoisotopic (exact) mass is 253 g/mol. The molecule has 0 saturated heterocycles. The highest BCUT2D eigenvalue weighted by atomic mass is 19.1. The standard InChI is InChI=1S/C15H24FNO/c1-5-14(10-17-9-11(2)3)18-15-8-13(16)7-6-12(15)4/h6-8,11,14,17H,5,9-10H2,1-4H3. The van der Waals surface area contributed by atoms with Gasteiger partial charge in [-0.1, -0.05) is 26.8 Å². The molecule has 0 saturated carbocycles. The predicted octanol–water partition coefficient (Wildman–Crippen LogP) is 3.54. The van der Waals surface area contributed by atoms with E-state index in [1.54, 1.807) is 6.07 Å². The van der Waals surface area contributed by atoms with Crippen LogP contribution in [-0.2, 0) is 0 Å². The van der Waals surface area contributed by atoms with Gasteiger partial charge in [0.05, 0.1) is 0 Å². The van der Waals surface area contributed by atoms with Crippen LogP contribution >= 0.6 is 0 Å². The Bertz CT molecular complexity index is 366. The smallest absolute Gasteiger partial charge is 0.126 e. The SMILES string of the molecule is CCC(CNCC(C)C)Oc1cc(F)ccc1C. The minimum absolute atomic E-state index is 0.0873. The number of aryl methyl sites for hydroxylation is 1. The molecule has 0 aliphatic rings. The Kier molecular flexibility index (Phi) is 6.13. The van der Waals surface area contributed by atoms with E-state index < -0.39 is 0 Å². The highest BCUT2D eigenvalue weighted by molar-refractivity contribution is 5.32. The summed E-state index contributed by atoms with van der Waals surface area (Å²) in [6, 6.07) is 4.67. The zero-order valence-corrected chi connectivity index (χ0v) is 11.8. The molecule has 0 radical (unpaired) electrons. The topological polar surface area (TPSA) is 21.3 Å². The summed E-state index contributed by atoms with van der Waals surface area (Å²) >= 11 is 0. The van der Waals surface area contributed by atoms with Crippen molar-refractivity contribution in [1.82, 2.24) is 5.32 Å². The van der Waals surface area contributed by atoms with Crippen molar-refractivity contribution in [3.63, 3.8) is 0 Å². The molecule has 102 valence electrons. The molecule has 1 aromatic rings. The fourth-order valence-electron chi connectivity index (χ4n) is 1.68. The van der Waals surface area contributed by atoms with E-state index in [-0.39, 0.29) is 11.9 Å². The number of benzene rings is 1. The van der Waals surface area contributed by atoms with Crippen LogP contribution in [0.1, 0.15) is 32.8 Å². The lowest BCUT2D eigenvalue weighted by atomic mass is 10.2. The van der Waals surface area contributed by atoms with E-state index in [0.29, 0.717) is 11.7 Å². The Morgan fingerprint density at radius 2 is 2.00 bits per heavy atom. The van der Waals surface area contributed by atoms with Gasteiger partial charge in [0, 0.05) is 12.6 Å². The van der Waals surface area contributed by atoms with Crippen molar-refractivity contribution in [2.45, 2.75) is 40.2 Å². The zero-order chi connectivity index (χ0) is 13.5. The molecule has 0 bridgehead atoms. The van der Waals surface area contributed by atoms with Gasteiger partial charge in [-0.2, -0.15) is 0 Å². The molecule has 1 aromatic carbocycles. The minimum Gasteiger partial charge on any atom is -0.489 e. The summed E-state index contributed by atoms with van der Waals surface area (Å²) < 4.78 is 19.0. The van der Waals surface area contributed by atoms with Gasteiger partial charge < -0.3 is 10.1 Å². The van der Waals surface area contributed by atoms with Crippen LogP contribution in [0.5, 0.6) is 5.75 Å². The third-order valence-electron chi connectivity index (χ3n) is 2.82. The predicted molar refractivity (Wildman–Crippen MR) is 73.6 cm³/mol. The first-order valence-corrected chi connectivity index (χ1v) is 6.66. The Hall–Kier alpha value is -1.09. The summed E-state index contributed by atoms with van der Waals surface area (Å²) in [5, 5.41) is 3.37. The maximum Gasteiger partial charge on any atom is 0.126 e. The molecule has 1 N–H and O–H groups in total. The van der Waals surface area contributed by atoms with E-state index in [4.69, 9.17) is 4.74 Å². The summed E-state index contributed by atoms with van der Waals surface area (Å²) in [4.78, 5) is 0. The molecule has 0 fully saturated rings. The molecule has 1 atom stereocenters. The number of hydrogen-bond donors (Lipinski definition) is 1. The first kappa shape index (κ1) is 15.0. The van der Waals surface area contributed by atoms with Crippen LogP contribution in [-0.4, -0.2) is 19.2 Å². The Labute approximate surface area is 110 Å². The van der Waals surface area contributed by atoms with Crippen LogP contribution in [0.15, 0.2) is 18.2 Å². The van der Waals surface area contributed by atoms with E-state index in [9.17, 15) is 4.39 Å². The summed E-state index contributed by atoms with van der Waals surface area (Å²) in [6.07, 6.45) is 0.991. The molecule has 1 rings (SSSR count). The quantitative estimate of drug-likeness (QED) is 0.802. The van der Waals surface area contributed by atoms with Crippen LogP contribution in [0, 0.1) is 18.7 Å². The molecule has 0 aliphatic carbocycles. The van der Waals surface area contributed by atoms with E-state index in [1.165, 1.54) is 12.1 Å². The van der Waals surface area contributed by atoms with Crippen molar-refractivity contribution in [2.24, 2.45) is 5.92 Å². The van der Waals surface area contributed by atoms with Crippen molar-refractivity contribution in [2.75, 3.05) is 13.1 Å². The molecule has 0 aromatic heterocycles. The molecule has 3 heteroatoms. The van der Waals surface area contributed by atoms with Crippen LogP contribution in [0.2, 0.25) is 0 Å². The van der Waals surface area contributed by atoms with Gasteiger partial charge in [-0.05, 0) is 37.4 Å². The van der Waals surface area contributed by atoms with Gasteiger partial charge in [-0.15, -0.1) is 0 Å².